The summed E-state index contributed by atoms with van der Waals surface area (Å²) in [5, 5.41) is 17.5. The first-order chi connectivity index (χ1) is 26.6. The monoisotopic (exact) mass is 773 g/mol. The van der Waals surface area contributed by atoms with E-state index in [0.29, 0.717) is 31.2 Å². The predicted molar refractivity (Wildman–Crippen MR) is 213 cm³/mol. The van der Waals surface area contributed by atoms with Gasteiger partial charge in [0.05, 0.1) is 18.2 Å². The van der Waals surface area contributed by atoms with Crippen molar-refractivity contribution < 1.29 is 33.9 Å². The number of aromatic nitrogens is 2. The second-order valence-electron chi connectivity index (χ2n) is 17.2. The third-order valence-electron chi connectivity index (χ3n) is 11.8. The Morgan fingerprint density at radius 3 is 2.18 bits per heavy atom. The number of ketones is 3. The Morgan fingerprint density at radius 2 is 1.57 bits per heavy atom. The number of amides is 3. The van der Waals surface area contributed by atoms with E-state index in [1.165, 1.54) is 23.5 Å². The van der Waals surface area contributed by atoms with E-state index in [1.54, 1.807) is 38.4 Å². The van der Waals surface area contributed by atoms with Crippen LogP contribution in [0.3, 0.4) is 0 Å². The third kappa shape index (κ3) is 12.1. The molecule has 3 amide bonds. The SMILES string of the molecule is CCC[C@H](CC(=O)[C@@H]1CCC[C@@H]1NC(=O)C(CC(=O)[C@@H](NC(=O)c1cnccn1)C1CCCCC1)C(C)(C)C)C(O)C(=O)C[C@@H](C(=O)N(C)C)c1ccccc1. The van der Waals surface area contributed by atoms with Gasteiger partial charge in [-0.1, -0.05) is 90.1 Å². The number of hydrogen-bond donors (Lipinski definition) is 3. The molecule has 12 nitrogen and oxygen atoms in total. The van der Waals surface area contributed by atoms with Crippen LogP contribution in [0.25, 0.3) is 0 Å². The molecule has 0 bridgehead atoms. The molecule has 2 unspecified atom stereocenters. The van der Waals surface area contributed by atoms with Gasteiger partial charge in [-0.2, -0.15) is 0 Å². The molecule has 2 aliphatic rings. The van der Waals surface area contributed by atoms with Gasteiger partial charge in [0.15, 0.2) is 11.6 Å². The van der Waals surface area contributed by atoms with Crippen molar-refractivity contribution in [3.05, 3.63) is 60.2 Å². The average molecular weight is 774 g/mol. The van der Waals surface area contributed by atoms with Crippen LogP contribution in [0, 0.1) is 29.1 Å². The van der Waals surface area contributed by atoms with Crippen LogP contribution in [-0.2, 0) is 24.0 Å². The summed E-state index contributed by atoms with van der Waals surface area (Å²) in [6.07, 6.45) is 10.2. The Balaban J connectivity index is 1.44. The summed E-state index contributed by atoms with van der Waals surface area (Å²) in [6, 6.07) is 7.82. The van der Waals surface area contributed by atoms with Crippen molar-refractivity contribution in [2.24, 2.45) is 29.1 Å². The minimum atomic E-state index is -1.42. The van der Waals surface area contributed by atoms with Gasteiger partial charge in [-0.25, -0.2) is 4.98 Å². The van der Waals surface area contributed by atoms with Crippen LogP contribution in [0.2, 0.25) is 0 Å². The maximum Gasteiger partial charge on any atom is 0.272 e. The molecule has 2 fully saturated rings. The van der Waals surface area contributed by atoms with E-state index < -0.39 is 59.0 Å². The number of aliphatic hydroxyl groups excluding tert-OH is 1. The second kappa shape index (κ2) is 20.7. The minimum absolute atomic E-state index is 0.0227. The van der Waals surface area contributed by atoms with Gasteiger partial charge in [-0.3, -0.25) is 33.8 Å². The fourth-order valence-corrected chi connectivity index (χ4v) is 8.56. The molecule has 12 heteroatoms. The van der Waals surface area contributed by atoms with Crippen LogP contribution in [-0.4, -0.2) is 87.3 Å². The lowest BCUT2D eigenvalue weighted by Crippen LogP contribution is -2.50. The van der Waals surface area contributed by atoms with E-state index in [0.717, 1.165) is 38.5 Å². The first-order valence-corrected chi connectivity index (χ1v) is 20.5. The number of benzene rings is 1. The molecule has 0 spiro atoms. The van der Waals surface area contributed by atoms with Crippen LogP contribution in [0.4, 0.5) is 0 Å². The van der Waals surface area contributed by atoms with Crippen LogP contribution < -0.4 is 10.6 Å². The standard InChI is InChI=1S/C44H63N5O7/c1-7-15-30(40(53)38(52)25-32(43(56)49(5)6)28-16-10-8-11-17-28)24-36(50)31-20-14-21-34(31)47-41(54)33(44(2,3)4)26-37(51)39(29-18-12-9-13-19-29)48-42(55)35-27-45-22-23-46-35/h8,10-11,16-17,22-23,27,29-34,39-40,53H,7,9,12-15,18-21,24-26H2,1-6H3,(H,47,54)(H,48,55)/t30-,31-,32-,33?,34+,39+,40?/m1/s1. The summed E-state index contributed by atoms with van der Waals surface area (Å²) < 4.78 is 0. The van der Waals surface area contributed by atoms with Gasteiger partial charge in [0.2, 0.25) is 11.8 Å². The third-order valence-corrected chi connectivity index (χ3v) is 11.8. The molecule has 4 rings (SSSR count). The number of hydrogen-bond acceptors (Lipinski definition) is 9. The molecule has 1 heterocycles. The summed E-state index contributed by atoms with van der Waals surface area (Å²) in [6.45, 7) is 7.68. The molecule has 3 N–H and O–H groups in total. The topological polar surface area (TPSA) is 176 Å². The van der Waals surface area contributed by atoms with Crippen molar-refractivity contribution >= 4 is 35.1 Å². The van der Waals surface area contributed by atoms with Crippen molar-refractivity contribution in [2.75, 3.05) is 14.1 Å². The first kappa shape index (κ1) is 44.4. The molecule has 0 aliphatic heterocycles. The summed E-state index contributed by atoms with van der Waals surface area (Å²) in [7, 11) is 3.26. The highest BCUT2D eigenvalue weighted by Gasteiger charge is 2.42. The van der Waals surface area contributed by atoms with Crippen molar-refractivity contribution in [1.82, 2.24) is 25.5 Å². The first-order valence-electron chi connectivity index (χ1n) is 20.5. The van der Waals surface area contributed by atoms with E-state index in [1.807, 2.05) is 33.8 Å². The number of aliphatic hydroxyl groups is 1. The van der Waals surface area contributed by atoms with E-state index in [9.17, 15) is 33.9 Å². The number of carbonyl (C=O) groups is 6. The zero-order chi connectivity index (χ0) is 41.0. The molecule has 2 aromatic rings. The van der Waals surface area contributed by atoms with E-state index in [4.69, 9.17) is 0 Å². The average Bonchev–Trinajstić information content (AvgIpc) is 3.65. The Morgan fingerprint density at radius 1 is 0.875 bits per heavy atom. The van der Waals surface area contributed by atoms with Gasteiger partial charge in [-0.05, 0) is 54.9 Å². The summed E-state index contributed by atoms with van der Waals surface area (Å²) in [5.41, 5.74) is 0.203. The molecule has 7 atom stereocenters. The molecular weight excluding hydrogens is 711 g/mol. The Labute approximate surface area is 332 Å². The Bertz CT molecular complexity index is 1640. The molecule has 56 heavy (non-hydrogen) atoms. The normalized spacial score (nSPS) is 20.2. The smallest absolute Gasteiger partial charge is 0.272 e. The van der Waals surface area contributed by atoms with E-state index in [2.05, 4.69) is 20.6 Å². The van der Waals surface area contributed by atoms with E-state index in [-0.39, 0.29) is 54.3 Å². The van der Waals surface area contributed by atoms with Crippen LogP contribution in [0.15, 0.2) is 48.9 Å². The molecule has 2 saturated carbocycles. The van der Waals surface area contributed by atoms with Gasteiger partial charge in [-0.15, -0.1) is 0 Å². The Kier molecular flexibility index (Phi) is 16.4. The number of carbonyl (C=O) groups excluding carboxylic acids is 6. The quantitative estimate of drug-likeness (QED) is 0.163. The van der Waals surface area contributed by atoms with Crippen molar-refractivity contribution in [2.45, 2.75) is 135 Å². The van der Waals surface area contributed by atoms with Crippen molar-refractivity contribution in [3.8, 4) is 0 Å². The minimum Gasteiger partial charge on any atom is -0.385 e. The highest BCUT2D eigenvalue weighted by atomic mass is 16.3. The molecule has 0 radical (unpaired) electrons. The van der Waals surface area contributed by atoms with Crippen LogP contribution >= 0.6 is 0 Å². The second-order valence-corrected chi connectivity index (χ2v) is 17.2. The number of likely N-dealkylation sites (N-methyl/N-ethyl adjacent to an activating group) is 1. The maximum atomic E-state index is 14.1. The van der Waals surface area contributed by atoms with E-state index >= 15 is 0 Å². The zero-order valence-electron chi connectivity index (χ0n) is 34.2. The Hall–Kier alpha value is -4.32. The summed E-state index contributed by atoms with van der Waals surface area (Å²) in [5.74, 6) is -4.47. The molecule has 0 saturated heterocycles. The fraction of sp³-hybridized carbons (Fsp3) is 0.636. The summed E-state index contributed by atoms with van der Waals surface area (Å²) in [4.78, 5) is 91.7. The zero-order valence-corrected chi connectivity index (χ0v) is 34.2. The van der Waals surface area contributed by atoms with Gasteiger partial charge >= 0.3 is 0 Å². The van der Waals surface area contributed by atoms with Gasteiger partial charge in [0, 0.05) is 63.6 Å². The van der Waals surface area contributed by atoms with Gasteiger partial charge in [0.1, 0.15) is 17.6 Å². The molecule has 2 aliphatic carbocycles. The fourth-order valence-electron chi connectivity index (χ4n) is 8.56. The predicted octanol–water partition coefficient (Wildman–Crippen LogP) is 5.63. The lowest BCUT2D eigenvalue weighted by molar-refractivity contribution is -0.137. The highest BCUT2D eigenvalue weighted by Crippen LogP contribution is 2.35. The van der Waals surface area contributed by atoms with Gasteiger partial charge < -0.3 is 20.6 Å². The molecule has 306 valence electrons. The molecule has 1 aromatic heterocycles. The molecule has 1 aromatic carbocycles. The number of rotatable bonds is 19. The molecular formula is C44H63N5O7. The maximum absolute atomic E-state index is 14.1. The van der Waals surface area contributed by atoms with Crippen LogP contribution in [0.5, 0.6) is 0 Å². The highest BCUT2D eigenvalue weighted by molar-refractivity contribution is 5.98. The summed E-state index contributed by atoms with van der Waals surface area (Å²) >= 11 is 0. The van der Waals surface area contributed by atoms with Crippen molar-refractivity contribution in [1.29, 1.82) is 0 Å². The largest absolute Gasteiger partial charge is 0.385 e. The number of Topliss-reactive ketones (excluding diaryl/α,β-unsaturated/α-hetero) is 3. The van der Waals surface area contributed by atoms with Gasteiger partial charge in [0.25, 0.3) is 5.91 Å². The lowest BCUT2D eigenvalue weighted by Gasteiger charge is -2.34. The number of nitrogens with one attached hydrogen (secondary N) is 2. The number of nitrogens with zero attached hydrogens (tertiary/aromatic N) is 3. The lowest BCUT2D eigenvalue weighted by atomic mass is 9.74. The van der Waals surface area contributed by atoms with Crippen LogP contribution in [0.1, 0.15) is 133 Å². The van der Waals surface area contributed by atoms with Crippen molar-refractivity contribution in [3.63, 3.8) is 0 Å².